The van der Waals surface area contributed by atoms with Crippen molar-refractivity contribution in [3.63, 3.8) is 0 Å². The Balaban J connectivity index is 1.94. The smallest absolute Gasteiger partial charge is 0.331 e. The Kier molecular flexibility index (Phi) is 4.89. The first-order valence-corrected chi connectivity index (χ1v) is 7.00. The van der Waals surface area contributed by atoms with Gasteiger partial charge in [0, 0.05) is 17.0 Å². The number of carbonyl (C=O) groups excluding carboxylic acids is 1. The Hall–Kier alpha value is -2.41. The van der Waals surface area contributed by atoms with Crippen LogP contribution in [0.2, 0.25) is 0 Å². The van der Waals surface area contributed by atoms with Crippen molar-refractivity contribution < 1.29 is 19.1 Å². The molecule has 1 atom stereocenters. The maximum atomic E-state index is 13.4. The molecule has 1 unspecified atom stereocenters. The van der Waals surface area contributed by atoms with Crippen LogP contribution >= 0.6 is 11.3 Å². The highest BCUT2D eigenvalue weighted by Gasteiger charge is 2.22. The van der Waals surface area contributed by atoms with Crippen molar-refractivity contribution in [2.45, 2.75) is 12.6 Å². The fourth-order valence-electron chi connectivity index (χ4n) is 1.71. The number of benzene rings is 1. The molecule has 2 amide bonds. The minimum atomic E-state index is -1.15. The molecule has 3 N–H and O–H groups in total. The van der Waals surface area contributed by atoms with Gasteiger partial charge in [0.25, 0.3) is 0 Å². The molecule has 0 bridgehead atoms. The van der Waals surface area contributed by atoms with Crippen LogP contribution in [0, 0.1) is 5.82 Å². The molecule has 0 aliphatic heterocycles. The standard InChI is InChI=1S/C14H13FN2O3S/c15-10-5-2-1-4-9(10)8-16-14(20)17-12(13(18)19)11-6-3-7-21-11/h1-7,12H,8H2,(H,18,19)(H2,16,17,20). The molecule has 0 aliphatic carbocycles. The van der Waals surface area contributed by atoms with Crippen molar-refractivity contribution in [1.82, 2.24) is 10.6 Å². The molecular formula is C14H13FN2O3S. The van der Waals surface area contributed by atoms with E-state index in [4.69, 9.17) is 5.11 Å². The van der Waals surface area contributed by atoms with Crippen LogP contribution in [-0.2, 0) is 11.3 Å². The summed E-state index contributed by atoms with van der Waals surface area (Å²) in [6, 6.07) is 7.59. The summed E-state index contributed by atoms with van der Waals surface area (Å²) in [5.74, 6) is -1.58. The van der Waals surface area contributed by atoms with E-state index in [0.29, 0.717) is 10.4 Å². The molecule has 1 heterocycles. The second-order valence-corrected chi connectivity index (χ2v) is 5.18. The van der Waals surface area contributed by atoms with E-state index in [1.807, 2.05) is 0 Å². The molecule has 0 fully saturated rings. The molecule has 0 spiro atoms. The zero-order valence-corrected chi connectivity index (χ0v) is 11.7. The number of rotatable bonds is 5. The molecule has 1 aromatic carbocycles. The average molecular weight is 308 g/mol. The molecule has 5 nitrogen and oxygen atoms in total. The van der Waals surface area contributed by atoms with Crippen molar-refractivity contribution in [3.05, 3.63) is 58.0 Å². The summed E-state index contributed by atoms with van der Waals surface area (Å²) in [7, 11) is 0. The van der Waals surface area contributed by atoms with Gasteiger partial charge in [-0.3, -0.25) is 0 Å². The van der Waals surface area contributed by atoms with Crippen LogP contribution in [-0.4, -0.2) is 17.1 Å². The highest BCUT2D eigenvalue weighted by Crippen LogP contribution is 2.19. The topological polar surface area (TPSA) is 78.4 Å². The zero-order valence-electron chi connectivity index (χ0n) is 10.9. The van der Waals surface area contributed by atoms with E-state index in [0.717, 1.165) is 0 Å². The van der Waals surface area contributed by atoms with Crippen molar-refractivity contribution in [2.24, 2.45) is 0 Å². The van der Waals surface area contributed by atoms with Crippen LogP contribution < -0.4 is 10.6 Å². The van der Waals surface area contributed by atoms with Gasteiger partial charge in [0.1, 0.15) is 5.82 Å². The van der Waals surface area contributed by atoms with Gasteiger partial charge < -0.3 is 15.7 Å². The van der Waals surface area contributed by atoms with E-state index in [9.17, 15) is 14.0 Å². The first-order chi connectivity index (χ1) is 10.1. The fraction of sp³-hybridized carbons (Fsp3) is 0.143. The summed E-state index contributed by atoms with van der Waals surface area (Å²) < 4.78 is 13.4. The molecule has 1 aromatic heterocycles. The number of aliphatic carboxylic acids is 1. The lowest BCUT2D eigenvalue weighted by Gasteiger charge is -2.14. The number of carboxylic acid groups (broad SMARTS) is 1. The van der Waals surface area contributed by atoms with Crippen LogP contribution in [0.5, 0.6) is 0 Å². The second kappa shape index (κ2) is 6.85. The van der Waals surface area contributed by atoms with Crippen molar-refractivity contribution >= 4 is 23.3 Å². The monoisotopic (exact) mass is 308 g/mol. The van der Waals surface area contributed by atoms with Gasteiger partial charge in [-0.15, -0.1) is 11.3 Å². The van der Waals surface area contributed by atoms with Crippen LogP contribution in [0.15, 0.2) is 41.8 Å². The molecule has 0 saturated carbocycles. The molecule has 0 radical (unpaired) electrons. The van der Waals surface area contributed by atoms with E-state index in [-0.39, 0.29) is 6.54 Å². The first kappa shape index (κ1) is 15.0. The van der Waals surface area contributed by atoms with Gasteiger partial charge in [-0.1, -0.05) is 24.3 Å². The predicted molar refractivity (Wildman–Crippen MR) is 76.5 cm³/mol. The number of thiophene rings is 1. The van der Waals surface area contributed by atoms with Gasteiger partial charge in [-0.2, -0.15) is 0 Å². The first-order valence-electron chi connectivity index (χ1n) is 6.12. The molecule has 7 heteroatoms. The molecule has 2 aromatic rings. The Bertz CT molecular complexity index is 631. The molecule has 0 aliphatic rings. The Morgan fingerprint density at radius 1 is 1.24 bits per heavy atom. The number of carbonyl (C=O) groups is 2. The van der Waals surface area contributed by atoms with Crippen molar-refractivity contribution in [3.8, 4) is 0 Å². The molecule has 2 rings (SSSR count). The lowest BCUT2D eigenvalue weighted by molar-refractivity contribution is -0.139. The number of halogens is 1. The van der Waals surface area contributed by atoms with E-state index in [2.05, 4.69) is 10.6 Å². The van der Waals surface area contributed by atoms with Crippen LogP contribution in [0.1, 0.15) is 16.5 Å². The third-order valence-electron chi connectivity index (χ3n) is 2.75. The van der Waals surface area contributed by atoms with E-state index in [1.165, 1.54) is 17.4 Å². The normalized spacial score (nSPS) is 11.7. The SMILES string of the molecule is O=C(NCc1ccccc1F)NC(C(=O)O)c1cccs1. The molecular weight excluding hydrogens is 295 g/mol. The van der Waals surface area contributed by atoms with Crippen LogP contribution in [0.4, 0.5) is 9.18 Å². The summed E-state index contributed by atoms with van der Waals surface area (Å²) >= 11 is 1.23. The number of nitrogens with one attached hydrogen (secondary N) is 2. The lowest BCUT2D eigenvalue weighted by Crippen LogP contribution is -2.40. The number of hydrogen-bond donors (Lipinski definition) is 3. The minimum absolute atomic E-state index is 0.0186. The summed E-state index contributed by atoms with van der Waals surface area (Å²) in [5.41, 5.74) is 0.329. The third kappa shape index (κ3) is 4.03. The lowest BCUT2D eigenvalue weighted by atomic mass is 10.2. The number of amides is 2. The number of hydrogen-bond acceptors (Lipinski definition) is 3. The fourth-order valence-corrected chi connectivity index (χ4v) is 2.48. The van der Waals surface area contributed by atoms with Crippen LogP contribution in [0.3, 0.4) is 0 Å². The molecule has 21 heavy (non-hydrogen) atoms. The summed E-state index contributed by atoms with van der Waals surface area (Å²) in [6.07, 6.45) is 0. The van der Waals surface area contributed by atoms with Gasteiger partial charge in [-0.05, 0) is 17.5 Å². The number of urea groups is 1. The third-order valence-corrected chi connectivity index (χ3v) is 3.68. The van der Waals surface area contributed by atoms with E-state index < -0.39 is 23.9 Å². The Morgan fingerprint density at radius 3 is 2.62 bits per heavy atom. The summed E-state index contributed by atoms with van der Waals surface area (Å²) in [6.45, 7) is -0.0186. The largest absolute Gasteiger partial charge is 0.479 e. The summed E-state index contributed by atoms with van der Waals surface area (Å²) in [4.78, 5) is 23.4. The molecule has 110 valence electrons. The highest BCUT2D eigenvalue weighted by atomic mass is 32.1. The van der Waals surface area contributed by atoms with Crippen molar-refractivity contribution in [1.29, 1.82) is 0 Å². The van der Waals surface area contributed by atoms with Gasteiger partial charge in [0.2, 0.25) is 0 Å². The zero-order chi connectivity index (χ0) is 15.2. The highest BCUT2D eigenvalue weighted by molar-refractivity contribution is 7.10. The maximum Gasteiger partial charge on any atom is 0.331 e. The van der Waals surface area contributed by atoms with Gasteiger partial charge in [-0.25, -0.2) is 14.0 Å². The summed E-state index contributed by atoms with van der Waals surface area (Å²) in [5, 5.41) is 15.6. The predicted octanol–water partition coefficient (Wildman–Crippen LogP) is 2.51. The van der Waals surface area contributed by atoms with Gasteiger partial charge in [0.05, 0.1) is 0 Å². The second-order valence-electron chi connectivity index (χ2n) is 4.21. The Labute approximate surface area is 124 Å². The van der Waals surface area contributed by atoms with Crippen molar-refractivity contribution in [2.75, 3.05) is 0 Å². The van der Waals surface area contributed by atoms with Gasteiger partial charge >= 0.3 is 12.0 Å². The minimum Gasteiger partial charge on any atom is -0.479 e. The molecule has 0 saturated heterocycles. The number of carboxylic acids is 1. The Morgan fingerprint density at radius 2 is 2.00 bits per heavy atom. The van der Waals surface area contributed by atoms with Crippen LogP contribution in [0.25, 0.3) is 0 Å². The average Bonchev–Trinajstić information content (AvgIpc) is 2.97. The van der Waals surface area contributed by atoms with Gasteiger partial charge in [0.15, 0.2) is 6.04 Å². The maximum absolute atomic E-state index is 13.4. The van der Waals surface area contributed by atoms with E-state index in [1.54, 1.807) is 35.7 Å². The quantitative estimate of drug-likeness (QED) is 0.794. The van der Waals surface area contributed by atoms with E-state index >= 15 is 0 Å².